The molecule has 0 aromatic heterocycles. The van der Waals surface area contributed by atoms with Gasteiger partial charge in [0.2, 0.25) is 0 Å². The van der Waals surface area contributed by atoms with Gasteiger partial charge in [-0.05, 0) is 23.6 Å². The van der Waals surface area contributed by atoms with E-state index in [4.69, 9.17) is 29.4 Å². The Kier molecular flexibility index (Phi) is 26.1. The molecule has 0 atom stereocenters. The second-order valence-electron chi connectivity index (χ2n) is 8.82. The maximum atomic E-state index is 7.56. The van der Waals surface area contributed by atoms with Gasteiger partial charge in [0.15, 0.2) is 0 Å². The van der Waals surface area contributed by atoms with Crippen LogP contribution in [-0.2, 0) is 54.8 Å². The summed E-state index contributed by atoms with van der Waals surface area (Å²) in [4.78, 5) is 45.3. The molecule has 1 aromatic rings. The molecule has 0 aliphatic heterocycles. The average molecular weight is 623 g/mol. The third-order valence-corrected chi connectivity index (χ3v) is 6.84. The van der Waals surface area contributed by atoms with E-state index < -0.39 is 13.4 Å². The van der Waals surface area contributed by atoms with Crippen molar-refractivity contribution >= 4 is 41.2 Å². The smallest absolute Gasteiger partial charge is 0.319 e. The fourth-order valence-electron chi connectivity index (χ4n) is 3.77. The summed E-state index contributed by atoms with van der Waals surface area (Å²) in [5.41, 5.74) is 3.39. The maximum absolute atomic E-state index is 7.56. The monoisotopic (exact) mass is 621 g/mol. The maximum Gasteiger partial charge on any atom is 0.319 e. The summed E-state index contributed by atoms with van der Waals surface area (Å²) < 4.78 is 1.64. The standard InChI is InChI=1S/C24H41.2H3O3PS.Zn/c1-3-5-7-9-11-13-15-19-23-21-17-18-22-24(23)20-16-14-12-10-8-6-4-2;2*1-4(2,3)5;/h17-18,21H,3-16,19-20H2,1-2H3;2*(H3,1,2,3,5);. The zero-order valence-electron chi connectivity index (χ0n) is 21.6. The second kappa shape index (κ2) is 24.0. The molecule has 35 heavy (non-hydrogen) atoms. The van der Waals surface area contributed by atoms with E-state index in [0.29, 0.717) is 0 Å². The number of aryl methyl sites for hydroxylation is 1. The predicted molar refractivity (Wildman–Crippen MR) is 151 cm³/mol. The summed E-state index contributed by atoms with van der Waals surface area (Å²) in [6, 6.07) is 7.07. The van der Waals surface area contributed by atoms with E-state index in [0.717, 1.165) is 0 Å². The van der Waals surface area contributed by atoms with Gasteiger partial charge < -0.3 is 29.4 Å². The van der Waals surface area contributed by atoms with Gasteiger partial charge >= 0.3 is 182 Å². The van der Waals surface area contributed by atoms with Crippen molar-refractivity contribution in [2.45, 2.75) is 117 Å². The average Bonchev–Trinajstić information content (AvgIpc) is 2.71. The first-order valence-electron chi connectivity index (χ1n) is 12.8. The molecule has 0 aliphatic carbocycles. The van der Waals surface area contributed by atoms with Crippen LogP contribution in [0.4, 0.5) is 0 Å². The molecule has 0 unspecified atom stereocenters. The van der Waals surface area contributed by atoms with Crippen molar-refractivity contribution in [2.24, 2.45) is 0 Å². The van der Waals surface area contributed by atoms with Crippen molar-refractivity contribution in [3.8, 4) is 0 Å². The molecule has 1 aromatic carbocycles. The molecule has 1 rings (SSSR count). The molecule has 0 saturated carbocycles. The van der Waals surface area contributed by atoms with Crippen molar-refractivity contribution in [3.63, 3.8) is 0 Å². The Hall–Kier alpha value is 0.903. The van der Waals surface area contributed by atoms with E-state index >= 15 is 0 Å². The van der Waals surface area contributed by atoms with Gasteiger partial charge in [0, 0.05) is 0 Å². The number of hydrogen-bond acceptors (Lipinski definition) is 2. The molecule has 6 N–H and O–H groups in total. The van der Waals surface area contributed by atoms with Gasteiger partial charge in [-0.25, -0.2) is 0 Å². The third kappa shape index (κ3) is 34.9. The third-order valence-electron chi connectivity index (χ3n) is 5.45. The quantitative estimate of drug-likeness (QED) is 0.0775. The normalized spacial score (nSPS) is 11.4. The Morgan fingerprint density at radius 1 is 0.600 bits per heavy atom. The topological polar surface area (TPSA) is 121 Å². The first-order valence-corrected chi connectivity index (χ1v) is 19.6. The second-order valence-corrected chi connectivity index (χ2v) is 15.4. The molecule has 0 spiro atoms. The van der Waals surface area contributed by atoms with E-state index in [-0.39, 0.29) is 0 Å². The van der Waals surface area contributed by atoms with Crippen molar-refractivity contribution in [3.05, 3.63) is 29.3 Å². The molecule has 11 heteroatoms. The fourth-order valence-corrected chi connectivity index (χ4v) is 4.91. The Morgan fingerprint density at radius 2 is 0.943 bits per heavy atom. The Balaban J connectivity index is 0. The Bertz CT molecular complexity index is 691. The van der Waals surface area contributed by atoms with Crippen LogP contribution in [0.1, 0.15) is 115 Å². The van der Waals surface area contributed by atoms with E-state index in [1.54, 1.807) is 15.3 Å². The summed E-state index contributed by atoms with van der Waals surface area (Å²) in [5.74, 6) is 0. The molecule has 6 nitrogen and oxygen atoms in total. The number of rotatable bonds is 16. The minimum absolute atomic E-state index is 1.31. The molecule has 0 heterocycles. The number of unbranched alkanes of at least 4 members (excludes halogenated alkanes) is 12. The molecule has 0 fully saturated rings. The first-order chi connectivity index (χ1) is 16.3. The van der Waals surface area contributed by atoms with Gasteiger partial charge in [-0.2, -0.15) is 0 Å². The zero-order valence-corrected chi connectivity index (χ0v) is 28.0. The largest absolute Gasteiger partial charge is 0.325 e. The molecule has 0 saturated heterocycles. The van der Waals surface area contributed by atoms with Crippen LogP contribution in [-0.4, -0.2) is 29.4 Å². The Labute approximate surface area is 233 Å². The predicted octanol–water partition coefficient (Wildman–Crippen LogP) is 5.82. The van der Waals surface area contributed by atoms with Crippen molar-refractivity contribution in [1.29, 1.82) is 0 Å². The summed E-state index contributed by atoms with van der Waals surface area (Å²) in [6.45, 7) is -3.01. The number of hydrogen-bond donors (Lipinski definition) is 6. The van der Waals surface area contributed by atoms with Crippen LogP contribution in [0.5, 0.6) is 0 Å². The molecule has 0 aliphatic rings. The van der Waals surface area contributed by atoms with Crippen LogP contribution in [0.3, 0.4) is 0 Å². The minimum atomic E-state index is -3.81. The molecule has 0 amide bonds. The van der Waals surface area contributed by atoms with Crippen LogP contribution < -0.4 is 4.16 Å². The molecule has 203 valence electrons. The molecular weight excluding hydrogens is 576 g/mol. The van der Waals surface area contributed by atoms with Gasteiger partial charge in [0.25, 0.3) is 0 Å². The van der Waals surface area contributed by atoms with Gasteiger partial charge in [-0.1, -0.05) is 0 Å². The van der Waals surface area contributed by atoms with Crippen LogP contribution in [0.15, 0.2) is 18.2 Å². The van der Waals surface area contributed by atoms with Crippen LogP contribution >= 0.6 is 13.4 Å². The van der Waals surface area contributed by atoms with Gasteiger partial charge in [-0.3, -0.25) is 0 Å². The van der Waals surface area contributed by atoms with Crippen LogP contribution in [0, 0.1) is 0 Å². The number of benzene rings is 1. The molecule has 0 radical (unpaired) electrons. The summed E-state index contributed by atoms with van der Waals surface area (Å²) in [5, 5.41) is 0. The van der Waals surface area contributed by atoms with E-state index in [9.17, 15) is 0 Å². The van der Waals surface area contributed by atoms with E-state index in [1.165, 1.54) is 121 Å². The molecular formula is C24H47O6P2S2Zn. The Morgan fingerprint density at radius 3 is 1.34 bits per heavy atom. The van der Waals surface area contributed by atoms with E-state index in [1.807, 2.05) is 0 Å². The van der Waals surface area contributed by atoms with Crippen molar-refractivity contribution in [2.75, 3.05) is 0 Å². The summed E-state index contributed by atoms with van der Waals surface area (Å²) in [6.07, 6.45) is 22.5. The minimum Gasteiger partial charge on any atom is -0.325 e. The van der Waals surface area contributed by atoms with E-state index in [2.05, 4.69) is 55.7 Å². The van der Waals surface area contributed by atoms with Crippen LogP contribution in [0.25, 0.3) is 0 Å². The summed E-state index contributed by atoms with van der Waals surface area (Å²) in [7, 11) is 0. The summed E-state index contributed by atoms with van der Waals surface area (Å²) >= 11 is 8.52. The van der Waals surface area contributed by atoms with Crippen molar-refractivity contribution in [1.82, 2.24) is 0 Å². The van der Waals surface area contributed by atoms with Crippen LogP contribution in [0.2, 0.25) is 0 Å². The van der Waals surface area contributed by atoms with Gasteiger partial charge in [0.1, 0.15) is 0 Å². The fraction of sp³-hybridized carbons (Fsp3) is 0.750. The molecule has 0 bridgehead atoms. The SMILES string of the molecule is CCCCCCCCCc1ccc[c]([Zn])c1CCCCCCCCC.OP(O)(O)=S.OP(O)(O)=S. The zero-order chi connectivity index (χ0) is 27.2. The first kappa shape index (κ1) is 38.1. The van der Waals surface area contributed by atoms with Gasteiger partial charge in [-0.15, -0.1) is 0 Å². The van der Waals surface area contributed by atoms with Crippen molar-refractivity contribution < 1.29 is 47.7 Å². The van der Waals surface area contributed by atoms with Gasteiger partial charge in [0.05, 0.1) is 0 Å².